The van der Waals surface area contributed by atoms with Crippen LogP contribution in [0.25, 0.3) is 0 Å². The molecule has 2 rings (SSSR count). The van der Waals surface area contributed by atoms with Gasteiger partial charge in [-0.25, -0.2) is 4.39 Å². The summed E-state index contributed by atoms with van der Waals surface area (Å²) >= 11 is 0. The van der Waals surface area contributed by atoms with Crippen LogP contribution in [0.1, 0.15) is 32.4 Å². The summed E-state index contributed by atoms with van der Waals surface area (Å²) in [5, 5.41) is 5.51. The lowest BCUT2D eigenvalue weighted by Gasteiger charge is -2.35. The predicted molar refractivity (Wildman–Crippen MR) is 97.0 cm³/mol. The second kappa shape index (κ2) is 9.09. The lowest BCUT2D eigenvalue weighted by molar-refractivity contribution is -0.131. The number of ether oxygens (including phenoxy) is 1. The molecule has 0 aliphatic carbocycles. The zero-order valence-corrected chi connectivity index (χ0v) is 15.7. The van der Waals surface area contributed by atoms with E-state index in [1.165, 1.54) is 12.1 Å². The molecule has 6 nitrogen and oxygen atoms in total. The summed E-state index contributed by atoms with van der Waals surface area (Å²) in [7, 11) is 0. The van der Waals surface area contributed by atoms with Crippen LogP contribution in [-0.4, -0.2) is 56.1 Å². The van der Waals surface area contributed by atoms with Crippen LogP contribution in [-0.2, 0) is 14.3 Å². The molecule has 1 aliphatic heterocycles. The fraction of sp³-hybridized carbons (Fsp3) is 0.579. The van der Waals surface area contributed by atoms with Crippen LogP contribution in [0, 0.1) is 11.2 Å². The number of benzene rings is 1. The Kier molecular flexibility index (Phi) is 7.11. The first kappa shape index (κ1) is 20.3. The van der Waals surface area contributed by atoms with E-state index in [0.717, 1.165) is 18.7 Å². The van der Waals surface area contributed by atoms with Crippen molar-refractivity contribution in [1.29, 1.82) is 0 Å². The van der Waals surface area contributed by atoms with Crippen LogP contribution < -0.4 is 10.6 Å². The van der Waals surface area contributed by atoms with Crippen molar-refractivity contribution >= 4 is 11.8 Å². The van der Waals surface area contributed by atoms with Gasteiger partial charge in [-0.3, -0.25) is 14.5 Å². The van der Waals surface area contributed by atoms with Crippen LogP contribution in [0.5, 0.6) is 0 Å². The lowest BCUT2D eigenvalue weighted by atomic mass is 9.96. The summed E-state index contributed by atoms with van der Waals surface area (Å²) in [5.41, 5.74) is 0.400. The number of hydrogen-bond acceptors (Lipinski definition) is 4. The topological polar surface area (TPSA) is 70.7 Å². The SMILES string of the molecule is CC(C)(C)C(=O)NCC(=O)NCC(c1ccc(F)cc1)N1CCOCC1. The van der Waals surface area contributed by atoms with Crippen molar-refractivity contribution in [1.82, 2.24) is 15.5 Å². The molecule has 1 aliphatic rings. The van der Waals surface area contributed by atoms with Crippen LogP contribution in [0.3, 0.4) is 0 Å². The van der Waals surface area contributed by atoms with Gasteiger partial charge in [-0.05, 0) is 17.7 Å². The fourth-order valence-corrected chi connectivity index (χ4v) is 2.73. The summed E-state index contributed by atoms with van der Waals surface area (Å²) in [5.74, 6) is -0.706. The first-order chi connectivity index (χ1) is 12.3. The number of carbonyl (C=O) groups excluding carboxylic acids is 2. The van der Waals surface area contributed by atoms with E-state index in [4.69, 9.17) is 4.74 Å². The first-order valence-corrected chi connectivity index (χ1v) is 8.89. The maximum Gasteiger partial charge on any atom is 0.239 e. The molecule has 1 fully saturated rings. The minimum absolute atomic E-state index is 0.0602. The molecule has 0 radical (unpaired) electrons. The van der Waals surface area contributed by atoms with Gasteiger partial charge in [-0.2, -0.15) is 0 Å². The van der Waals surface area contributed by atoms with Crippen molar-refractivity contribution in [3.05, 3.63) is 35.6 Å². The van der Waals surface area contributed by atoms with Crippen molar-refractivity contribution in [3.63, 3.8) is 0 Å². The van der Waals surface area contributed by atoms with Gasteiger partial charge in [0.1, 0.15) is 5.82 Å². The number of hydrogen-bond donors (Lipinski definition) is 2. The molecule has 26 heavy (non-hydrogen) atoms. The predicted octanol–water partition coefficient (Wildman–Crippen LogP) is 1.48. The molecule has 1 aromatic rings. The van der Waals surface area contributed by atoms with Crippen molar-refractivity contribution in [2.24, 2.45) is 5.41 Å². The van der Waals surface area contributed by atoms with Crippen molar-refractivity contribution in [2.75, 3.05) is 39.4 Å². The van der Waals surface area contributed by atoms with Gasteiger partial charge in [0.15, 0.2) is 0 Å². The quantitative estimate of drug-likeness (QED) is 0.801. The molecule has 0 bridgehead atoms. The number of rotatable bonds is 6. The Labute approximate surface area is 154 Å². The second-order valence-corrected chi connectivity index (χ2v) is 7.45. The molecular formula is C19H28FN3O3. The Balaban J connectivity index is 1.95. The second-order valence-electron chi connectivity index (χ2n) is 7.45. The molecule has 0 aromatic heterocycles. The largest absolute Gasteiger partial charge is 0.379 e. The summed E-state index contributed by atoms with van der Waals surface area (Å²) in [6.45, 7) is 8.47. The molecule has 144 valence electrons. The maximum absolute atomic E-state index is 13.2. The van der Waals surface area contributed by atoms with Crippen molar-refractivity contribution < 1.29 is 18.7 Å². The number of halogens is 1. The Morgan fingerprint density at radius 3 is 2.35 bits per heavy atom. The van der Waals surface area contributed by atoms with E-state index in [-0.39, 0.29) is 30.2 Å². The number of carbonyl (C=O) groups is 2. The van der Waals surface area contributed by atoms with E-state index in [0.29, 0.717) is 19.8 Å². The average molecular weight is 365 g/mol. The third kappa shape index (κ3) is 6.07. The van der Waals surface area contributed by atoms with Gasteiger partial charge in [-0.1, -0.05) is 32.9 Å². The maximum atomic E-state index is 13.2. The molecule has 2 N–H and O–H groups in total. The smallest absolute Gasteiger partial charge is 0.239 e. The number of amides is 2. The van der Waals surface area contributed by atoms with Crippen LogP contribution >= 0.6 is 0 Å². The zero-order valence-electron chi connectivity index (χ0n) is 15.7. The Morgan fingerprint density at radius 1 is 1.15 bits per heavy atom. The molecule has 1 unspecified atom stereocenters. The summed E-state index contributed by atoms with van der Waals surface area (Å²) in [4.78, 5) is 26.2. The molecule has 1 atom stereocenters. The van der Waals surface area contributed by atoms with Crippen LogP contribution in [0.4, 0.5) is 4.39 Å². The minimum atomic E-state index is -0.537. The van der Waals surface area contributed by atoms with Crippen LogP contribution in [0.2, 0.25) is 0 Å². The summed E-state index contributed by atoms with van der Waals surface area (Å²) in [6.07, 6.45) is 0. The van der Waals surface area contributed by atoms with Gasteiger partial charge < -0.3 is 15.4 Å². The summed E-state index contributed by atoms with van der Waals surface area (Å²) < 4.78 is 18.6. The standard InChI is InChI=1S/C19H28FN3O3/c1-19(2,3)18(25)22-13-17(24)21-12-16(23-8-10-26-11-9-23)14-4-6-15(20)7-5-14/h4-7,16H,8-13H2,1-3H3,(H,21,24)(H,22,25). The zero-order chi connectivity index (χ0) is 19.2. The van der Waals surface area contributed by atoms with Gasteiger partial charge in [0.2, 0.25) is 11.8 Å². The highest BCUT2D eigenvalue weighted by Crippen LogP contribution is 2.21. The molecule has 1 aromatic carbocycles. The molecule has 7 heteroatoms. The molecular weight excluding hydrogens is 337 g/mol. The number of nitrogens with one attached hydrogen (secondary N) is 2. The normalized spacial score (nSPS) is 16.8. The van der Waals surface area contributed by atoms with E-state index in [1.807, 2.05) is 0 Å². The van der Waals surface area contributed by atoms with Crippen molar-refractivity contribution in [2.45, 2.75) is 26.8 Å². The van der Waals surface area contributed by atoms with Gasteiger partial charge in [0.25, 0.3) is 0 Å². The van der Waals surface area contributed by atoms with Gasteiger partial charge >= 0.3 is 0 Å². The monoisotopic (exact) mass is 365 g/mol. The fourth-order valence-electron chi connectivity index (χ4n) is 2.73. The van der Waals surface area contributed by atoms with E-state index in [1.54, 1.807) is 32.9 Å². The highest BCUT2D eigenvalue weighted by molar-refractivity contribution is 5.87. The molecule has 0 spiro atoms. The number of morpholine rings is 1. The summed E-state index contributed by atoms with van der Waals surface area (Å²) in [6, 6.07) is 6.26. The van der Waals surface area contributed by atoms with E-state index >= 15 is 0 Å². The van der Waals surface area contributed by atoms with Gasteiger partial charge in [0, 0.05) is 25.0 Å². The third-order valence-corrected chi connectivity index (χ3v) is 4.32. The molecule has 1 heterocycles. The molecule has 1 saturated heterocycles. The number of nitrogens with zero attached hydrogens (tertiary/aromatic N) is 1. The molecule has 2 amide bonds. The average Bonchev–Trinajstić information content (AvgIpc) is 2.61. The minimum Gasteiger partial charge on any atom is -0.379 e. The Bertz CT molecular complexity index is 607. The third-order valence-electron chi connectivity index (χ3n) is 4.32. The Hall–Kier alpha value is -1.99. The Morgan fingerprint density at radius 2 is 1.77 bits per heavy atom. The highest BCUT2D eigenvalue weighted by atomic mass is 19.1. The lowest BCUT2D eigenvalue weighted by Crippen LogP contribution is -2.46. The van der Waals surface area contributed by atoms with E-state index < -0.39 is 5.41 Å². The van der Waals surface area contributed by atoms with Crippen molar-refractivity contribution in [3.8, 4) is 0 Å². The van der Waals surface area contributed by atoms with Gasteiger partial charge in [0.05, 0.1) is 25.8 Å². The first-order valence-electron chi connectivity index (χ1n) is 8.89. The van der Waals surface area contributed by atoms with Crippen LogP contribution in [0.15, 0.2) is 24.3 Å². The van der Waals surface area contributed by atoms with E-state index in [9.17, 15) is 14.0 Å². The highest BCUT2D eigenvalue weighted by Gasteiger charge is 2.24. The van der Waals surface area contributed by atoms with Gasteiger partial charge in [-0.15, -0.1) is 0 Å². The molecule has 0 saturated carbocycles. The van der Waals surface area contributed by atoms with E-state index in [2.05, 4.69) is 15.5 Å².